The van der Waals surface area contributed by atoms with Crippen LogP contribution in [0.4, 0.5) is 0 Å². The molecule has 1 unspecified atom stereocenters. The van der Waals surface area contributed by atoms with E-state index in [0.717, 1.165) is 0 Å². The van der Waals surface area contributed by atoms with Crippen LogP contribution in [-0.4, -0.2) is 55.9 Å². The van der Waals surface area contributed by atoms with Crippen LogP contribution >= 0.6 is 11.8 Å². The molecule has 0 radical (unpaired) electrons. The van der Waals surface area contributed by atoms with Gasteiger partial charge in [-0.15, -0.1) is 5.92 Å². The minimum Gasteiger partial charge on any atom is -0.481 e. The second kappa shape index (κ2) is 11.3. The third kappa shape index (κ3) is 8.97. The molecule has 1 atom stereocenters. The summed E-state index contributed by atoms with van der Waals surface area (Å²) in [6.07, 6.45) is 0. The Kier molecular flexibility index (Phi) is 9.82. The van der Waals surface area contributed by atoms with Gasteiger partial charge in [0.2, 0.25) is 10.0 Å². The first-order valence-corrected chi connectivity index (χ1v) is 11.3. The minimum atomic E-state index is -3.95. The van der Waals surface area contributed by atoms with E-state index >= 15 is 0 Å². The molecule has 0 fully saturated rings. The zero-order valence-electron chi connectivity index (χ0n) is 16.5. The maximum Gasteiger partial charge on any atom is 0.325 e. The van der Waals surface area contributed by atoms with E-state index in [9.17, 15) is 13.2 Å². The van der Waals surface area contributed by atoms with Gasteiger partial charge in [-0.2, -0.15) is 16.5 Å². The number of esters is 1. The maximum absolute atomic E-state index is 12.7. The average Bonchev–Trinajstić information content (AvgIpc) is 2.60. The normalized spacial score (nSPS) is 12.6. The zero-order chi connectivity index (χ0) is 21.2. The van der Waals surface area contributed by atoms with Crippen LogP contribution in [0.5, 0.6) is 5.75 Å². The van der Waals surface area contributed by atoms with Gasteiger partial charge in [0.25, 0.3) is 0 Å². The van der Waals surface area contributed by atoms with Gasteiger partial charge in [0.05, 0.1) is 11.5 Å². The first-order valence-electron chi connectivity index (χ1n) is 8.65. The van der Waals surface area contributed by atoms with E-state index in [2.05, 4.69) is 16.6 Å². The molecule has 0 amide bonds. The third-order valence-electron chi connectivity index (χ3n) is 3.13. The molecule has 156 valence electrons. The molecule has 0 aliphatic heterocycles. The van der Waals surface area contributed by atoms with Crippen LogP contribution in [0.3, 0.4) is 0 Å². The second-order valence-electron chi connectivity index (χ2n) is 6.69. The summed E-state index contributed by atoms with van der Waals surface area (Å²) >= 11 is 1.25. The number of ether oxygens (including phenoxy) is 2. The quantitative estimate of drug-likeness (QED) is 0.332. The molecule has 0 saturated carbocycles. The highest BCUT2D eigenvalue weighted by Crippen LogP contribution is 2.18. The monoisotopic (exact) mass is 429 g/mol. The van der Waals surface area contributed by atoms with E-state index in [-0.39, 0.29) is 23.9 Å². The minimum absolute atomic E-state index is 0.00198. The molecule has 0 spiro atoms. The molecule has 0 aromatic heterocycles. The summed E-state index contributed by atoms with van der Waals surface area (Å²) in [7, 11) is -3.95. The van der Waals surface area contributed by atoms with Crippen LogP contribution in [-0.2, 0) is 19.6 Å². The fourth-order valence-corrected chi connectivity index (χ4v) is 3.99. The lowest BCUT2D eigenvalue weighted by Gasteiger charge is -2.24. The first-order chi connectivity index (χ1) is 13.1. The van der Waals surface area contributed by atoms with E-state index in [1.165, 1.54) is 36.0 Å². The molecule has 0 aliphatic carbocycles. The Labute approximate surface area is 171 Å². The summed E-state index contributed by atoms with van der Waals surface area (Å²) in [6.45, 7) is 6.97. The average molecular weight is 430 g/mol. The van der Waals surface area contributed by atoms with Crippen molar-refractivity contribution in [1.29, 1.82) is 0 Å². The van der Waals surface area contributed by atoms with Crippen LogP contribution in [0.15, 0.2) is 29.2 Å². The second-order valence-corrected chi connectivity index (χ2v) is 9.56. The smallest absolute Gasteiger partial charge is 0.325 e. The molecule has 1 rings (SSSR count). The Morgan fingerprint density at radius 1 is 1.29 bits per heavy atom. The number of carbonyl (C=O) groups is 1. The molecule has 28 heavy (non-hydrogen) atoms. The lowest BCUT2D eigenvalue weighted by molar-refractivity contribution is -0.156. The topological polar surface area (TPSA) is 102 Å². The van der Waals surface area contributed by atoms with E-state index in [4.69, 9.17) is 14.6 Å². The van der Waals surface area contributed by atoms with Gasteiger partial charge < -0.3 is 14.6 Å². The van der Waals surface area contributed by atoms with Gasteiger partial charge in [0, 0.05) is 11.5 Å². The Balaban J connectivity index is 2.91. The van der Waals surface area contributed by atoms with Crippen molar-refractivity contribution in [2.45, 2.75) is 44.2 Å². The Bertz CT molecular complexity index is 788. The van der Waals surface area contributed by atoms with Gasteiger partial charge in [-0.25, -0.2) is 8.42 Å². The van der Waals surface area contributed by atoms with E-state index in [1.807, 2.05) is 0 Å². The molecule has 7 nitrogen and oxygen atoms in total. The zero-order valence-corrected chi connectivity index (χ0v) is 18.2. The van der Waals surface area contributed by atoms with Gasteiger partial charge in [-0.3, -0.25) is 4.79 Å². The molecule has 1 aromatic carbocycles. The standard InChI is InChI=1S/C19H27NO6S2/c1-5-6-12-25-15-7-9-16(10-8-15)28(23,24)20-17(14-27-13-11-21)18(22)26-19(2,3)4/h7-10,17,20-21H,11-14H2,1-4H3. The SMILES string of the molecule is CC#CCOc1ccc(S(=O)(=O)NC(CSCCO)C(=O)OC(C)(C)C)cc1. The van der Waals surface area contributed by atoms with E-state index < -0.39 is 27.6 Å². The van der Waals surface area contributed by atoms with Crippen LogP contribution in [0, 0.1) is 11.8 Å². The number of aliphatic hydroxyl groups is 1. The number of hydrogen-bond acceptors (Lipinski definition) is 7. The highest BCUT2D eigenvalue weighted by Gasteiger charge is 2.29. The number of aliphatic hydroxyl groups excluding tert-OH is 1. The summed E-state index contributed by atoms with van der Waals surface area (Å²) in [6, 6.07) is 4.76. The number of sulfonamides is 1. The molecule has 9 heteroatoms. The predicted molar refractivity (Wildman–Crippen MR) is 110 cm³/mol. The number of hydrogen-bond donors (Lipinski definition) is 2. The maximum atomic E-state index is 12.7. The van der Waals surface area contributed by atoms with Crippen molar-refractivity contribution < 1.29 is 27.8 Å². The largest absolute Gasteiger partial charge is 0.481 e. The van der Waals surface area contributed by atoms with Crippen molar-refractivity contribution in [3.8, 4) is 17.6 Å². The highest BCUT2D eigenvalue weighted by molar-refractivity contribution is 7.99. The van der Waals surface area contributed by atoms with E-state index in [1.54, 1.807) is 27.7 Å². The third-order valence-corrected chi connectivity index (χ3v) is 5.66. The Hall–Kier alpha value is -1.73. The summed E-state index contributed by atoms with van der Waals surface area (Å²) in [5.41, 5.74) is -0.747. The number of thioether (sulfide) groups is 1. The lowest BCUT2D eigenvalue weighted by Crippen LogP contribution is -2.45. The van der Waals surface area contributed by atoms with Gasteiger partial charge in [0.1, 0.15) is 24.0 Å². The molecule has 0 bridgehead atoms. The molecule has 2 N–H and O–H groups in total. The summed E-state index contributed by atoms with van der Waals surface area (Å²) < 4.78 is 38.4. The number of nitrogens with one attached hydrogen (secondary N) is 1. The van der Waals surface area contributed by atoms with Gasteiger partial charge in [-0.05, 0) is 52.0 Å². The van der Waals surface area contributed by atoms with Gasteiger partial charge in [-0.1, -0.05) is 5.92 Å². The Morgan fingerprint density at radius 3 is 2.46 bits per heavy atom. The predicted octanol–water partition coefficient (Wildman–Crippen LogP) is 1.80. The van der Waals surface area contributed by atoms with Gasteiger partial charge in [0.15, 0.2) is 0 Å². The summed E-state index contributed by atoms with van der Waals surface area (Å²) in [5, 5.41) is 8.92. The summed E-state index contributed by atoms with van der Waals surface area (Å²) in [4.78, 5) is 12.4. The fraction of sp³-hybridized carbons (Fsp3) is 0.526. The van der Waals surface area contributed by atoms with Crippen LogP contribution in [0.2, 0.25) is 0 Å². The number of carbonyl (C=O) groups excluding carboxylic acids is 1. The molecule has 0 saturated heterocycles. The van der Waals surface area contributed by atoms with E-state index in [0.29, 0.717) is 11.5 Å². The van der Waals surface area contributed by atoms with Crippen LogP contribution in [0.25, 0.3) is 0 Å². The van der Waals surface area contributed by atoms with Crippen LogP contribution in [0.1, 0.15) is 27.7 Å². The van der Waals surface area contributed by atoms with Crippen molar-refractivity contribution in [2.75, 3.05) is 24.7 Å². The summed E-state index contributed by atoms with van der Waals surface area (Å²) in [5.74, 6) is 5.80. The van der Waals surface area contributed by atoms with Gasteiger partial charge >= 0.3 is 5.97 Å². The van der Waals surface area contributed by atoms with Crippen molar-refractivity contribution in [1.82, 2.24) is 4.72 Å². The lowest BCUT2D eigenvalue weighted by atomic mass is 10.2. The first kappa shape index (κ1) is 24.3. The number of rotatable bonds is 10. The Morgan fingerprint density at radius 2 is 1.93 bits per heavy atom. The molecular weight excluding hydrogens is 402 g/mol. The molecular formula is C19H27NO6S2. The highest BCUT2D eigenvalue weighted by atomic mass is 32.2. The van der Waals surface area contributed by atoms with Crippen molar-refractivity contribution in [2.24, 2.45) is 0 Å². The van der Waals surface area contributed by atoms with Crippen molar-refractivity contribution in [3.63, 3.8) is 0 Å². The molecule has 0 aliphatic rings. The van der Waals surface area contributed by atoms with Crippen molar-refractivity contribution >= 4 is 27.8 Å². The molecule has 1 aromatic rings. The fourth-order valence-electron chi connectivity index (χ4n) is 1.95. The number of benzene rings is 1. The van der Waals surface area contributed by atoms with Crippen LogP contribution < -0.4 is 9.46 Å². The molecule has 0 heterocycles. The van der Waals surface area contributed by atoms with Crippen molar-refractivity contribution in [3.05, 3.63) is 24.3 Å².